The topological polar surface area (TPSA) is 0 Å². The molecule has 0 unspecified atom stereocenters. The number of rotatable bonds is 0. The van der Waals surface area contributed by atoms with Crippen LogP contribution in [-0.4, -0.2) is 31.3 Å². The summed E-state index contributed by atoms with van der Waals surface area (Å²) in [6.07, 6.45) is 4.41. The third kappa shape index (κ3) is 3.56. The zero-order valence-corrected chi connectivity index (χ0v) is 4.76. The Bertz CT molecular complexity index is 23.6. The maximum atomic E-state index is 2.09. The minimum atomic E-state index is 0. The van der Waals surface area contributed by atoms with Gasteiger partial charge in [0.2, 0.25) is 0 Å². The van der Waals surface area contributed by atoms with E-state index in [-0.39, 0.29) is 19.8 Å². The molecule has 1 heterocycles. The molecule has 2 heteroatoms. The van der Waals surface area contributed by atoms with Crippen molar-refractivity contribution >= 4 is 31.6 Å². The van der Waals surface area contributed by atoms with Crippen LogP contribution >= 0.6 is 11.8 Å². The molecule has 1 aliphatic rings. The van der Waals surface area contributed by atoms with Gasteiger partial charge in [-0.2, -0.15) is 11.8 Å². The molecule has 1 rings (SSSR count). The molecule has 0 radical (unpaired) electrons. The van der Waals surface area contributed by atoms with Crippen molar-refractivity contribution in [1.82, 2.24) is 0 Å². The van der Waals surface area contributed by atoms with Gasteiger partial charge in [0.15, 0.2) is 0 Å². The fraction of sp³-hybridized carbons (Fsp3) is 1.00. The molecule has 0 atom stereocenters. The van der Waals surface area contributed by atoms with Crippen LogP contribution in [0.5, 0.6) is 0 Å². The summed E-state index contributed by atoms with van der Waals surface area (Å²) in [6.45, 7) is 0. The number of hydrogen-bond acceptors (Lipinski definition) is 1. The summed E-state index contributed by atoms with van der Waals surface area (Å²) in [5.41, 5.74) is 0. The van der Waals surface area contributed by atoms with Gasteiger partial charge in [-0.3, -0.25) is 0 Å². The summed E-state index contributed by atoms with van der Waals surface area (Å²) in [6, 6.07) is 0. The molecular weight excluding hydrogens is 162 g/mol. The van der Waals surface area contributed by atoms with Gasteiger partial charge in [0.05, 0.1) is 0 Å². The molecule has 0 aromatic heterocycles. The molecular formula is C5H13GaS. The first-order valence-corrected chi connectivity index (χ1v) is 3.73. The van der Waals surface area contributed by atoms with Gasteiger partial charge in [0.1, 0.15) is 0 Å². The predicted molar refractivity (Wildman–Crippen MR) is 41.1 cm³/mol. The molecule has 0 aliphatic carbocycles. The Labute approximate surface area is 62.5 Å². The molecule has 0 spiro atoms. The molecule has 0 saturated carbocycles. The van der Waals surface area contributed by atoms with Crippen molar-refractivity contribution in [3.8, 4) is 0 Å². The van der Waals surface area contributed by atoms with Gasteiger partial charge in [0, 0.05) is 0 Å². The van der Waals surface area contributed by atoms with Crippen LogP contribution < -0.4 is 0 Å². The monoisotopic (exact) mass is 174 g/mol. The SMILES string of the molecule is C1CCSCC1.[GaH3]. The van der Waals surface area contributed by atoms with Crippen LogP contribution in [-0.2, 0) is 0 Å². The summed E-state index contributed by atoms with van der Waals surface area (Å²) < 4.78 is 0. The molecule has 0 amide bonds. The Morgan fingerprint density at radius 3 is 1.57 bits per heavy atom. The van der Waals surface area contributed by atoms with Crippen molar-refractivity contribution in [2.75, 3.05) is 11.5 Å². The Morgan fingerprint density at radius 2 is 1.43 bits per heavy atom. The Balaban J connectivity index is 0.000000360. The molecule has 1 saturated heterocycles. The van der Waals surface area contributed by atoms with E-state index in [0.717, 1.165) is 0 Å². The van der Waals surface area contributed by atoms with Crippen molar-refractivity contribution in [2.24, 2.45) is 0 Å². The van der Waals surface area contributed by atoms with Gasteiger partial charge in [0.25, 0.3) is 0 Å². The van der Waals surface area contributed by atoms with Crippen LogP contribution in [0.3, 0.4) is 0 Å². The van der Waals surface area contributed by atoms with Crippen molar-refractivity contribution in [1.29, 1.82) is 0 Å². The van der Waals surface area contributed by atoms with E-state index in [9.17, 15) is 0 Å². The van der Waals surface area contributed by atoms with Crippen LogP contribution in [0.2, 0.25) is 0 Å². The number of thioether (sulfide) groups is 1. The maximum absolute atomic E-state index is 2.09. The molecule has 0 bridgehead atoms. The third-order valence-electron chi connectivity index (χ3n) is 1.08. The molecule has 7 heavy (non-hydrogen) atoms. The fourth-order valence-electron chi connectivity index (χ4n) is 0.687. The van der Waals surface area contributed by atoms with Gasteiger partial charge < -0.3 is 0 Å². The fourth-order valence-corrected chi connectivity index (χ4v) is 1.71. The predicted octanol–water partition coefficient (Wildman–Crippen LogP) is 0.720. The van der Waals surface area contributed by atoms with E-state index in [2.05, 4.69) is 11.8 Å². The zero-order valence-electron chi connectivity index (χ0n) is 3.94. The van der Waals surface area contributed by atoms with Crippen LogP contribution in [0.4, 0.5) is 0 Å². The van der Waals surface area contributed by atoms with Crippen molar-refractivity contribution in [3.05, 3.63) is 0 Å². The first kappa shape index (κ1) is 7.99. The van der Waals surface area contributed by atoms with Crippen molar-refractivity contribution in [2.45, 2.75) is 19.3 Å². The van der Waals surface area contributed by atoms with Crippen LogP contribution in [0.1, 0.15) is 19.3 Å². The summed E-state index contributed by atoms with van der Waals surface area (Å²) in [5.74, 6) is 2.83. The van der Waals surface area contributed by atoms with Crippen LogP contribution in [0.15, 0.2) is 0 Å². The summed E-state index contributed by atoms with van der Waals surface area (Å²) in [4.78, 5) is 0. The third-order valence-corrected chi connectivity index (χ3v) is 2.23. The Kier molecular flexibility index (Phi) is 5.85. The molecule has 42 valence electrons. The van der Waals surface area contributed by atoms with E-state index in [4.69, 9.17) is 0 Å². The van der Waals surface area contributed by atoms with Gasteiger partial charge >= 0.3 is 19.8 Å². The quantitative estimate of drug-likeness (QED) is 0.488. The summed E-state index contributed by atoms with van der Waals surface area (Å²) in [5, 5.41) is 0. The van der Waals surface area contributed by atoms with Crippen molar-refractivity contribution < 1.29 is 0 Å². The standard InChI is InChI=1S/C5H10S.Ga.3H/c1-2-4-6-5-3-1;;;;/h1-5H2;;;;. The second kappa shape index (κ2) is 5.13. The van der Waals surface area contributed by atoms with E-state index >= 15 is 0 Å². The summed E-state index contributed by atoms with van der Waals surface area (Å²) in [7, 11) is 0. The van der Waals surface area contributed by atoms with E-state index in [1.807, 2.05) is 0 Å². The zero-order chi connectivity index (χ0) is 4.24. The Morgan fingerprint density at radius 1 is 0.857 bits per heavy atom. The number of hydrogen-bond donors (Lipinski definition) is 0. The molecule has 0 aromatic rings. The van der Waals surface area contributed by atoms with Gasteiger partial charge in [-0.15, -0.1) is 0 Å². The van der Waals surface area contributed by atoms with E-state index in [1.165, 1.54) is 30.8 Å². The average Bonchev–Trinajstić information content (AvgIpc) is 1.72. The van der Waals surface area contributed by atoms with Gasteiger partial charge in [-0.05, 0) is 24.3 Å². The molecule has 1 aliphatic heterocycles. The molecule has 1 fully saturated rings. The second-order valence-electron chi connectivity index (χ2n) is 1.67. The average molecular weight is 175 g/mol. The Hall–Kier alpha value is 0.986. The minimum absolute atomic E-state index is 0. The second-order valence-corrected chi connectivity index (χ2v) is 2.90. The van der Waals surface area contributed by atoms with E-state index in [0.29, 0.717) is 0 Å². The van der Waals surface area contributed by atoms with Gasteiger partial charge in [-0.25, -0.2) is 0 Å². The van der Waals surface area contributed by atoms with Gasteiger partial charge in [-0.1, -0.05) is 6.42 Å². The van der Waals surface area contributed by atoms with E-state index < -0.39 is 0 Å². The van der Waals surface area contributed by atoms with Crippen LogP contribution in [0.25, 0.3) is 0 Å². The molecule has 0 N–H and O–H groups in total. The normalized spacial score (nSPS) is 20.6. The first-order valence-electron chi connectivity index (χ1n) is 2.58. The molecule has 0 aromatic carbocycles. The van der Waals surface area contributed by atoms with Crippen LogP contribution in [0, 0.1) is 0 Å². The molecule has 0 nitrogen and oxygen atoms in total. The summed E-state index contributed by atoms with van der Waals surface area (Å²) >= 11 is 2.09. The van der Waals surface area contributed by atoms with E-state index in [1.54, 1.807) is 0 Å². The first-order chi connectivity index (χ1) is 3.00. The van der Waals surface area contributed by atoms with Crippen molar-refractivity contribution in [3.63, 3.8) is 0 Å².